The van der Waals surface area contributed by atoms with Gasteiger partial charge < -0.3 is 15.5 Å². The zero-order valence-corrected chi connectivity index (χ0v) is 9.93. The van der Waals surface area contributed by atoms with Crippen LogP contribution in [-0.4, -0.2) is 16.1 Å². The summed E-state index contributed by atoms with van der Waals surface area (Å²) in [4.78, 5) is 11.8. The third kappa shape index (κ3) is 3.01. The summed E-state index contributed by atoms with van der Waals surface area (Å²) >= 11 is 0. The van der Waals surface area contributed by atoms with E-state index < -0.39 is 11.7 Å². The Kier molecular flexibility index (Phi) is 3.66. The number of para-hydroxylation sites is 1. The number of hydrogen-bond donors (Lipinski definition) is 3. The van der Waals surface area contributed by atoms with Crippen molar-refractivity contribution in [3.05, 3.63) is 59.4 Å². The van der Waals surface area contributed by atoms with Crippen LogP contribution in [0, 0.1) is 5.82 Å². The van der Waals surface area contributed by atoms with Gasteiger partial charge in [0.25, 0.3) is 5.91 Å². The Morgan fingerprint density at radius 2 is 1.84 bits per heavy atom. The molecule has 0 aliphatic carbocycles. The van der Waals surface area contributed by atoms with E-state index in [1.807, 2.05) is 0 Å². The summed E-state index contributed by atoms with van der Waals surface area (Å²) in [5.41, 5.74) is 0.391. The predicted molar refractivity (Wildman–Crippen MR) is 67.3 cm³/mol. The molecule has 5 heteroatoms. The van der Waals surface area contributed by atoms with Crippen LogP contribution >= 0.6 is 0 Å². The standard InChI is InChI=1S/C14H12FNO3/c15-10-5-6-13(18)11(7-10)14(19)16-8-9-3-1-2-4-12(9)17/h1-7,17-18H,8H2,(H,16,19). The number of amides is 1. The molecule has 2 aromatic rings. The second kappa shape index (κ2) is 5.39. The fraction of sp³-hybridized carbons (Fsp3) is 0.0714. The summed E-state index contributed by atoms with van der Waals surface area (Å²) in [6.07, 6.45) is 0. The topological polar surface area (TPSA) is 69.6 Å². The molecule has 2 rings (SSSR count). The van der Waals surface area contributed by atoms with Crippen molar-refractivity contribution >= 4 is 5.91 Å². The van der Waals surface area contributed by atoms with Crippen molar-refractivity contribution in [1.82, 2.24) is 5.32 Å². The number of benzene rings is 2. The molecule has 0 spiro atoms. The van der Waals surface area contributed by atoms with Crippen LogP contribution in [0.15, 0.2) is 42.5 Å². The monoisotopic (exact) mass is 261 g/mol. The quantitative estimate of drug-likeness (QED) is 0.793. The Morgan fingerprint density at radius 3 is 2.58 bits per heavy atom. The van der Waals surface area contributed by atoms with Gasteiger partial charge in [0.2, 0.25) is 0 Å². The number of phenolic OH excluding ortho intramolecular Hbond substituents is 2. The molecule has 0 atom stereocenters. The molecule has 4 nitrogen and oxygen atoms in total. The van der Waals surface area contributed by atoms with Crippen LogP contribution in [0.1, 0.15) is 15.9 Å². The first-order valence-electron chi connectivity index (χ1n) is 5.61. The van der Waals surface area contributed by atoms with Crippen molar-refractivity contribution in [2.75, 3.05) is 0 Å². The number of nitrogens with one attached hydrogen (secondary N) is 1. The number of phenols is 2. The third-order valence-electron chi connectivity index (χ3n) is 2.63. The maximum absolute atomic E-state index is 13.0. The molecule has 0 bridgehead atoms. The summed E-state index contributed by atoms with van der Waals surface area (Å²) in [5, 5.41) is 21.5. The second-order valence-electron chi connectivity index (χ2n) is 3.97. The van der Waals surface area contributed by atoms with Gasteiger partial charge in [-0.15, -0.1) is 0 Å². The van der Waals surface area contributed by atoms with E-state index in [0.717, 1.165) is 18.2 Å². The van der Waals surface area contributed by atoms with Gasteiger partial charge in [0, 0.05) is 12.1 Å². The summed E-state index contributed by atoms with van der Waals surface area (Å²) in [6.45, 7) is 0.0848. The fourth-order valence-corrected chi connectivity index (χ4v) is 1.62. The zero-order chi connectivity index (χ0) is 13.8. The van der Waals surface area contributed by atoms with E-state index in [1.165, 1.54) is 6.07 Å². The molecule has 98 valence electrons. The minimum atomic E-state index is -0.611. The molecule has 0 fully saturated rings. The molecule has 3 N–H and O–H groups in total. The van der Waals surface area contributed by atoms with Crippen molar-refractivity contribution in [3.8, 4) is 11.5 Å². The SMILES string of the molecule is O=C(NCc1ccccc1O)c1cc(F)ccc1O. The molecule has 0 radical (unpaired) electrons. The molecular formula is C14H12FNO3. The summed E-state index contributed by atoms with van der Waals surface area (Å²) in [7, 11) is 0. The summed E-state index contributed by atoms with van der Waals surface area (Å²) in [6, 6.07) is 9.68. The van der Waals surface area contributed by atoms with Gasteiger partial charge in [-0.1, -0.05) is 18.2 Å². The molecule has 2 aromatic carbocycles. The lowest BCUT2D eigenvalue weighted by Gasteiger charge is -2.08. The Bertz CT molecular complexity index is 613. The predicted octanol–water partition coefficient (Wildman–Crippen LogP) is 2.17. The summed E-state index contributed by atoms with van der Waals surface area (Å²) < 4.78 is 13.0. The lowest BCUT2D eigenvalue weighted by Crippen LogP contribution is -2.23. The van der Waals surface area contributed by atoms with Crippen LogP contribution in [0.2, 0.25) is 0 Å². The molecule has 0 saturated heterocycles. The van der Waals surface area contributed by atoms with Crippen LogP contribution in [0.4, 0.5) is 4.39 Å². The normalized spacial score (nSPS) is 10.2. The highest BCUT2D eigenvalue weighted by atomic mass is 19.1. The van der Waals surface area contributed by atoms with E-state index in [9.17, 15) is 19.4 Å². The molecule has 0 aliphatic rings. The molecular weight excluding hydrogens is 249 g/mol. The maximum atomic E-state index is 13.0. The van der Waals surface area contributed by atoms with E-state index in [-0.39, 0.29) is 23.6 Å². The highest BCUT2D eigenvalue weighted by molar-refractivity contribution is 5.96. The first-order chi connectivity index (χ1) is 9.08. The largest absolute Gasteiger partial charge is 0.508 e. The zero-order valence-electron chi connectivity index (χ0n) is 9.93. The third-order valence-corrected chi connectivity index (χ3v) is 2.63. The Hall–Kier alpha value is -2.56. The van der Waals surface area contributed by atoms with Crippen LogP contribution in [0.5, 0.6) is 11.5 Å². The molecule has 19 heavy (non-hydrogen) atoms. The Morgan fingerprint density at radius 1 is 1.11 bits per heavy atom. The van der Waals surface area contributed by atoms with Crippen LogP contribution in [-0.2, 0) is 6.54 Å². The van der Waals surface area contributed by atoms with Gasteiger partial charge >= 0.3 is 0 Å². The van der Waals surface area contributed by atoms with Crippen LogP contribution in [0.25, 0.3) is 0 Å². The Labute approximate surface area is 109 Å². The number of carbonyl (C=O) groups excluding carboxylic acids is 1. The number of halogens is 1. The van der Waals surface area contributed by atoms with E-state index >= 15 is 0 Å². The first-order valence-corrected chi connectivity index (χ1v) is 5.61. The molecule has 0 heterocycles. The van der Waals surface area contributed by atoms with Crippen molar-refractivity contribution in [1.29, 1.82) is 0 Å². The van der Waals surface area contributed by atoms with Gasteiger partial charge in [0.15, 0.2) is 0 Å². The van der Waals surface area contributed by atoms with Gasteiger partial charge in [-0.25, -0.2) is 4.39 Å². The minimum absolute atomic E-state index is 0.0614. The van der Waals surface area contributed by atoms with Gasteiger partial charge in [-0.2, -0.15) is 0 Å². The van der Waals surface area contributed by atoms with Gasteiger partial charge in [-0.05, 0) is 24.3 Å². The fourth-order valence-electron chi connectivity index (χ4n) is 1.62. The summed E-state index contributed by atoms with van der Waals surface area (Å²) in [5.74, 6) is -1.45. The van der Waals surface area contributed by atoms with Crippen molar-refractivity contribution in [2.24, 2.45) is 0 Å². The molecule has 0 unspecified atom stereocenters. The van der Waals surface area contributed by atoms with Gasteiger partial charge in [0.05, 0.1) is 5.56 Å². The van der Waals surface area contributed by atoms with Crippen molar-refractivity contribution < 1.29 is 19.4 Å². The maximum Gasteiger partial charge on any atom is 0.255 e. The minimum Gasteiger partial charge on any atom is -0.508 e. The highest BCUT2D eigenvalue weighted by Crippen LogP contribution is 2.19. The van der Waals surface area contributed by atoms with Gasteiger partial charge in [0.1, 0.15) is 17.3 Å². The van der Waals surface area contributed by atoms with E-state index in [4.69, 9.17) is 0 Å². The lowest BCUT2D eigenvalue weighted by molar-refractivity contribution is 0.0947. The van der Waals surface area contributed by atoms with E-state index in [1.54, 1.807) is 18.2 Å². The van der Waals surface area contributed by atoms with E-state index in [2.05, 4.69) is 5.32 Å². The highest BCUT2D eigenvalue weighted by Gasteiger charge is 2.12. The first kappa shape index (κ1) is 12.9. The van der Waals surface area contributed by atoms with Crippen molar-refractivity contribution in [3.63, 3.8) is 0 Å². The number of aromatic hydroxyl groups is 2. The molecule has 0 aliphatic heterocycles. The molecule has 0 aromatic heterocycles. The lowest BCUT2D eigenvalue weighted by atomic mass is 10.1. The van der Waals surface area contributed by atoms with E-state index in [0.29, 0.717) is 5.56 Å². The van der Waals surface area contributed by atoms with Gasteiger partial charge in [-0.3, -0.25) is 4.79 Å². The average Bonchev–Trinajstić information content (AvgIpc) is 2.40. The molecule has 1 amide bonds. The smallest absolute Gasteiger partial charge is 0.255 e. The van der Waals surface area contributed by atoms with Crippen molar-refractivity contribution in [2.45, 2.75) is 6.54 Å². The number of rotatable bonds is 3. The number of hydrogen-bond acceptors (Lipinski definition) is 3. The van der Waals surface area contributed by atoms with Crippen LogP contribution in [0.3, 0.4) is 0 Å². The Balaban J connectivity index is 2.10. The molecule has 0 saturated carbocycles. The van der Waals surface area contributed by atoms with Crippen LogP contribution < -0.4 is 5.32 Å². The average molecular weight is 261 g/mol. The second-order valence-corrected chi connectivity index (χ2v) is 3.97. The number of carbonyl (C=O) groups is 1.